The molecule has 1 saturated heterocycles. The molecule has 0 bridgehead atoms. The minimum Gasteiger partial charge on any atom is -0.463 e. The standard InChI is InChI=1S/C26H30FN3O3/c1-2-33-25(31)23-22(28-26(32)29-24(23)20-8-10-21(27)11-9-20)17-30-14-12-19(13-15-30)16-18-6-4-3-5-7-18/h3-11,19,24H,2,12-17H2,1H3,(H2,28,29,32)/t24-/m1/s1. The molecular weight excluding hydrogens is 421 g/mol. The van der Waals surface area contributed by atoms with E-state index in [1.165, 1.54) is 17.7 Å². The molecule has 6 nitrogen and oxygen atoms in total. The van der Waals surface area contributed by atoms with E-state index in [1.54, 1.807) is 19.1 Å². The topological polar surface area (TPSA) is 70.7 Å². The van der Waals surface area contributed by atoms with Gasteiger partial charge in [0.2, 0.25) is 0 Å². The van der Waals surface area contributed by atoms with Gasteiger partial charge in [-0.2, -0.15) is 0 Å². The summed E-state index contributed by atoms with van der Waals surface area (Å²) in [5.74, 6) is -0.232. The number of benzene rings is 2. The third kappa shape index (κ3) is 5.79. The zero-order chi connectivity index (χ0) is 23.2. The molecule has 2 aliphatic rings. The van der Waals surface area contributed by atoms with Crippen LogP contribution in [0.4, 0.5) is 9.18 Å². The molecule has 1 atom stereocenters. The van der Waals surface area contributed by atoms with Crippen molar-refractivity contribution in [2.75, 3.05) is 26.2 Å². The monoisotopic (exact) mass is 451 g/mol. The maximum atomic E-state index is 13.5. The van der Waals surface area contributed by atoms with Gasteiger partial charge < -0.3 is 15.4 Å². The van der Waals surface area contributed by atoms with Crippen LogP contribution >= 0.6 is 0 Å². The third-order valence-electron chi connectivity index (χ3n) is 6.31. The maximum Gasteiger partial charge on any atom is 0.338 e. The van der Waals surface area contributed by atoms with Gasteiger partial charge in [-0.1, -0.05) is 42.5 Å². The SMILES string of the molecule is CCOC(=O)C1=C(CN2CCC(Cc3ccccc3)CC2)NC(=O)N[C@@H]1c1ccc(F)cc1. The molecule has 2 aromatic carbocycles. The molecule has 0 unspecified atom stereocenters. The fourth-order valence-electron chi connectivity index (χ4n) is 4.62. The number of hydrogen-bond donors (Lipinski definition) is 2. The average Bonchev–Trinajstić information content (AvgIpc) is 2.81. The Morgan fingerprint density at radius 1 is 1.09 bits per heavy atom. The van der Waals surface area contributed by atoms with Crippen LogP contribution in [0, 0.1) is 11.7 Å². The van der Waals surface area contributed by atoms with Gasteiger partial charge in [-0.3, -0.25) is 4.90 Å². The van der Waals surface area contributed by atoms with Crippen molar-refractivity contribution >= 4 is 12.0 Å². The quantitative estimate of drug-likeness (QED) is 0.626. The van der Waals surface area contributed by atoms with E-state index < -0.39 is 12.0 Å². The van der Waals surface area contributed by atoms with Crippen LogP contribution in [-0.2, 0) is 16.0 Å². The lowest BCUT2D eigenvalue weighted by molar-refractivity contribution is -0.139. The number of rotatable bonds is 7. The zero-order valence-corrected chi connectivity index (χ0v) is 18.9. The smallest absolute Gasteiger partial charge is 0.338 e. The number of piperidine rings is 1. The van der Waals surface area contributed by atoms with Crippen molar-refractivity contribution in [3.8, 4) is 0 Å². The second kappa shape index (κ2) is 10.6. The molecule has 0 aromatic heterocycles. The minimum atomic E-state index is -0.691. The van der Waals surface area contributed by atoms with Gasteiger partial charge in [-0.25, -0.2) is 14.0 Å². The highest BCUT2D eigenvalue weighted by molar-refractivity contribution is 5.95. The molecule has 0 radical (unpaired) electrons. The van der Waals surface area contributed by atoms with Gasteiger partial charge in [0.15, 0.2) is 0 Å². The number of likely N-dealkylation sites (tertiary alicyclic amines) is 1. The number of carbonyl (C=O) groups is 2. The van der Waals surface area contributed by atoms with Crippen molar-refractivity contribution in [3.05, 3.63) is 82.8 Å². The van der Waals surface area contributed by atoms with E-state index in [2.05, 4.69) is 39.8 Å². The van der Waals surface area contributed by atoms with Crippen LogP contribution in [0.2, 0.25) is 0 Å². The summed E-state index contributed by atoms with van der Waals surface area (Å²) < 4.78 is 18.8. The summed E-state index contributed by atoms with van der Waals surface area (Å²) in [4.78, 5) is 27.6. The Balaban J connectivity index is 1.50. The van der Waals surface area contributed by atoms with Crippen LogP contribution < -0.4 is 10.6 Å². The van der Waals surface area contributed by atoms with Crippen LogP contribution in [0.5, 0.6) is 0 Å². The molecule has 4 rings (SSSR count). The molecule has 1 fully saturated rings. The Hall–Kier alpha value is -3.19. The third-order valence-corrected chi connectivity index (χ3v) is 6.31. The van der Waals surface area contributed by atoms with E-state index in [0.29, 0.717) is 29.3 Å². The molecule has 2 amide bonds. The summed E-state index contributed by atoms with van der Waals surface area (Å²) in [6, 6.07) is 15.3. The van der Waals surface area contributed by atoms with Crippen molar-refractivity contribution in [2.45, 2.75) is 32.2 Å². The van der Waals surface area contributed by atoms with Crippen LogP contribution in [0.3, 0.4) is 0 Å². The summed E-state index contributed by atoms with van der Waals surface area (Å²) in [7, 11) is 0. The normalized spacial score (nSPS) is 19.7. The number of urea groups is 1. The Kier molecular flexibility index (Phi) is 7.40. The number of esters is 1. The highest BCUT2D eigenvalue weighted by Gasteiger charge is 2.34. The second-order valence-electron chi connectivity index (χ2n) is 8.60. The number of amides is 2. The Morgan fingerprint density at radius 3 is 2.45 bits per heavy atom. The van der Waals surface area contributed by atoms with E-state index in [-0.39, 0.29) is 18.5 Å². The van der Waals surface area contributed by atoms with Gasteiger partial charge in [0.25, 0.3) is 0 Å². The van der Waals surface area contributed by atoms with Crippen LogP contribution in [0.25, 0.3) is 0 Å². The van der Waals surface area contributed by atoms with Gasteiger partial charge in [0.1, 0.15) is 5.82 Å². The van der Waals surface area contributed by atoms with Crippen molar-refractivity contribution in [1.29, 1.82) is 0 Å². The molecule has 174 valence electrons. The molecule has 0 saturated carbocycles. The number of ether oxygens (including phenoxy) is 1. The van der Waals surface area contributed by atoms with Crippen LogP contribution in [0.1, 0.15) is 36.9 Å². The molecule has 0 spiro atoms. The van der Waals surface area contributed by atoms with Crippen LogP contribution in [0.15, 0.2) is 65.9 Å². The highest BCUT2D eigenvalue weighted by Crippen LogP contribution is 2.29. The number of nitrogens with zero attached hydrogens (tertiary/aromatic N) is 1. The average molecular weight is 452 g/mol. The lowest BCUT2D eigenvalue weighted by Crippen LogP contribution is -2.49. The van der Waals surface area contributed by atoms with E-state index >= 15 is 0 Å². The Morgan fingerprint density at radius 2 is 1.79 bits per heavy atom. The molecule has 33 heavy (non-hydrogen) atoms. The number of carbonyl (C=O) groups excluding carboxylic acids is 2. The highest BCUT2D eigenvalue weighted by atomic mass is 19.1. The van der Waals surface area contributed by atoms with Crippen LogP contribution in [-0.4, -0.2) is 43.1 Å². The van der Waals surface area contributed by atoms with E-state index in [9.17, 15) is 14.0 Å². The predicted octanol–water partition coefficient (Wildman–Crippen LogP) is 3.95. The van der Waals surface area contributed by atoms with Gasteiger partial charge in [-0.05, 0) is 68.5 Å². The summed E-state index contributed by atoms with van der Waals surface area (Å²) in [5.41, 5.74) is 2.91. The zero-order valence-electron chi connectivity index (χ0n) is 18.9. The van der Waals surface area contributed by atoms with Gasteiger partial charge in [0.05, 0.1) is 18.2 Å². The molecule has 7 heteroatoms. The van der Waals surface area contributed by atoms with E-state index in [0.717, 1.165) is 32.4 Å². The summed E-state index contributed by atoms with van der Waals surface area (Å²) >= 11 is 0. The first-order valence-corrected chi connectivity index (χ1v) is 11.5. The predicted molar refractivity (Wildman–Crippen MR) is 124 cm³/mol. The first-order chi connectivity index (χ1) is 16.0. The molecule has 2 aromatic rings. The number of nitrogens with one attached hydrogen (secondary N) is 2. The van der Waals surface area contributed by atoms with Gasteiger partial charge in [-0.15, -0.1) is 0 Å². The first-order valence-electron chi connectivity index (χ1n) is 11.5. The first kappa shape index (κ1) is 23.0. The summed E-state index contributed by atoms with van der Waals surface area (Å²) in [6.45, 7) is 4.21. The number of hydrogen-bond acceptors (Lipinski definition) is 4. The Bertz CT molecular complexity index is 999. The Labute approximate surface area is 193 Å². The van der Waals surface area contributed by atoms with Crippen molar-refractivity contribution < 1.29 is 18.7 Å². The van der Waals surface area contributed by atoms with Crippen molar-refractivity contribution in [3.63, 3.8) is 0 Å². The van der Waals surface area contributed by atoms with Crippen molar-refractivity contribution in [2.24, 2.45) is 5.92 Å². The molecular formula is C26H30FN3O3. The van der Waals surface area contributed by atoms with Gasteiger partial charge in [0, 0.05) is 12.2 Å². The lowest BCUT2D eigenvalue weighted by atomic mass is 9.89. The molecule has 0 aliphatic carbocycles. The largest absolute Gasteiger partial charge is 0.463 e. The summed E-state index contributed by atoms with van der Waals surface area (Å²) in [6.07, 6.45) is 3.19. The minimum absolute atomic E-state index is 0.227. The van der Waals surface area contributed by atoms with E-state index in [4.69, 9.17) is 4.74 Å². The molecule has 2 heterocycles. The second-order valence-corrected chi connectivity index (χ2v) is 8.60. The summed E-state index contributed by atoms with van der Waals surface area (Å²) in [5, 5.41) is 5.62. The number of halogens is 1. The van der Waals surface area contributed by atoms with Gasteiger partial charge >= 0.3 is 12.0 Å². The van der Waals surface area contributed by atoms with Crippen molar-refractivity contribution in [1.82, 2.24) is 15.5 Å². The fourth-order valence-corrected chi connectivity index (χ4v) is 4.62. The molecule has 2 N–H and O–H groups in total. The van der Waals surface area contributed by atoms with E-state index in [1.807, 2.05) is 6.07 Å². The fraction of sp³-hybridized carbons (Fsp3) is 0.385. The maximum absolute atomic E-state index is 13.5. The molecule has 2 aliphatic heterocycles. The lowest BCUT2D eigenvalue weighted by Gasteiger charge is -2.35.